The Labute approximate surface area is 95.6 Å². The van der Waals surface area contributed by atoms with E-state index in [9.17, 15) is 9.90 Å². The summed E-state index contributed by atoms with van der Waals surface area (Å²) >= 11 is 0. The van der Waals surface area contributed by atoms with Crippen LogP contribution in [-0.4, -0.2) is 10.9 Å². The molecule has 1 aromatic carbocycles. The van der Waals surface area contributed by atoms with Gasteiger partial charge in [-0.3, -0.25) is 4.79 Å². The SMILES string of the molecule is C/C(N)=C/C(=O)C[C@@H](O)c1ccc(C)cc1. The summed E-state index contributed by atoms with van der Waals surface area (Å²) in [6.07, 6.45) is 0.651. The minimum absolute atomic E-state index is 0.0671. The van der Waals surface area contributed by atoms with Crippen molar-refractivity contribution in [3.63, 3.8) is 0 Å². The number of aliphatic hydroxyl groups is 1. The van der Waals surface area contributed by atoms with Crippen molar-refractivity contribution in [1.29, 1.82) is 0 Å². The first kappa shape index (κ1) is 12.5. The fourth-order valence-electron chi connectivity index (χ4n) is 1.41. The van der Waals surface area contributed by atoms with Crippen LogP contribution in [0.4, 0.5) is 0 Å². The quantitative estimate of drug-likeness (QED) is 0.760. The summed E-state index contributed by atoms with van der Waals surface area (Å²) in [5, 5.41) is 9.80. The summed E-state index contributed by atoms with van der Waals surface area (Å²) in [4.78, 5) is 11.4. The largest absolute Gasteiger partial charge is 0.402 e. The number of allylic oxidation sites excluding steroid dienone is 2. The number of hydrogen-bond donors (Lipinski definition) is 2. The smallest absolute Gasteiger partial charge is 0.160 e. The average Bonchev–Trinajstić information content (AvgIpc) is 2.16. The second kappa shape index (κ2) is 5.47. The fraction of sp³-hybridized carbons (Fsp3) is 0.308. The Balaban J connectivity index is 2.65. The molecule has 0 radical (unpaired) electrons. The third kappa shape index (κ3) is 3.87. The molecule has 0 unspecified atom stereocenters. The average molecular weight is 219 g/mol. The van der Waals surface area contributed by atoms with Crippen LogP contribution in [0.15, 0.2) is 36.0 Å². The first-order chi connectivity index (χ1) is 7.49. The van der Waals surface area contributed by atoms with Gasteiger partial charge in [0.2, 0.25) is 0 Å². The lowest BCUT2D eigenvalue weighted by Crippen LogP contribution is -2.06. The van der Waals surface area contributed by atoms with Crippen LogP contribution in [0.25, 0.3) is 0 Å². The van der Waals surface area contributed by atoms with E-state index in [1.54, 1.807) is 6.92 Å². The van der Waals surface area contributed by atoms with Gasteiger partial charge in [0.05, 0.1) is 6.10 Å². The molecular weight excluding hydrogens is 202 g/mol. The van der Waals surface area contributed by atoms with Gasteiger partial charge in [0.25, 0.3) is 0 Å². The number of aryl methyl sites for hydroxylation is 1. The Morgan fingerprint density at radius 1 is 1.44 bits per heavy atom. The molecule has 0 saturated carbocycles. The number of aliphatic hydroxyl groups excluding tert-OH is 1. The number of carbonyl (C=O) groups is 1. The molecule has 0 aliphatic rings. The zero-order valence-electron chi connectivity index (χ0n) is 9.60. The lowest BCUT2D eigenvalue weighted by atomic mass is 10.0. The van der Waals surface area contributed by atoms with E-state index in [1.165, 1.54) is 6.08 Å². The van der Waals surface area contributed by atoms with E-state index >= 15 is 0 Å². The van der Waals surface area contributed by atoms with Gasteiger partial charge in [-0.15, -0.1) is 0 Å². The molecule has 1 rings (SSSR count). The van der Waals surface area contributed by atoms with Gasteiger partial charge in [0.15, 0.2) is 5.78 Å². The normalized spacial score (nSPS) is 13.6. The van der Waals surface area contributed by atoms with Crippen molar-refractivity contribution < 1.29 is 9.90 Å². The maximum absolute atomic E-state index is 11.4. The van der Waals surface area contributed by atoms with Crippen molar-refractivity contribution in [3.8, 4) is 0 Å². The number of carbonyl (C=O) groups excluding carboxylic acids is 1. The maximum Gasteiger partial charge on any atom is 0.160 e. The highest BCUT2D eigenvalue weighted by Gasteiger charge is 2.11. The molecule has 0 bridgehead atoms. The first-order valence-corrected chi connectivity index (χ1v) is 5.20. The second-order valence-electron chi connectivity index (χ2n) is 3.99. The van der Waals surface area contributed by atoms with E-state index in [1.807, 2.05) is 31.2 Å². The lowest BCUT2D eigenvalue weighted by molar-refractivity contribution is -0.116. The van der Waals surface area contributed by atoms with Gasteiger partial charge in [-0.2, -0.15) is 0 Å². The molecule has 16 heavy (non-hydrogen) atoms. The predicted octanol–water partition coefficient (Wildman–Crippen LogP) is 1.85. The van der Waals surface area contributed by atoms with Gasteiger partial charge in [-0.05, 0) is 25.5 Å². The van der Waals surface area contributed by atoms with Crippen molar-refractivity contribution in [2.24, 2.45) is 5.73 Å². The highest BCUT2D eigenvalue weighted by Crippen LogP contribution is 2.17. The molecule has 1 aromatic rings. The van der Waals surface area contributed by atoms with Crippen LogP contribution >= 0.6 is 0 Å². The number of ketones is 1. The summed E-state index contributed by atoms with van der Waals surface area (Å²) in [6, 6.07) is 7.47. The monoisotopic (exact) mass is 219 g/mol. The van der Waals surface area contributed by atoms with Gasteiger partial charge in [-0.25, -0.2) is 0 Å². The maximum atomic E-state index is 11.4. The molecular formula is C13H17NO2. The molecule has 0 fully saturated rings. The Morgan fingerprint density at radius 2 is 2.00 bits per heavy atom. The van der Waals surface area contributed by atoms with E-state index in [0.29, 0.717) is 5.70 Å². The lowest BCUT2D eigenvalue weighted by Gasteiger charge is -2.09. The van der Waals surface area contributed by atoms with Crippen LogP contribution in [0.5, 0.6) is 0 Å². The van der Waals surface area contributed by atoms with Crippen LogP contribution in [0.3, 0.4) is 0 Å². The van der Waals surface area contributed by atoms with Crippen LogP contribution in [-0.2, 0) is 4.79 Å². The molecule has 0 saturated heterocycles. The molecule has 0 spiro atoms. The standard InChI is InChI=1S/C13H17NO2/c1-9-3-5-11(6-4-9)13(16)8-12(15)7-10(2)14/h3-7,13,16H,8,14H2,1-2H3/b10-7-/t13-/m1/s1. The fourth-order valence-corrected chi connectivity index (χ4v) is 1.41. The molecule has 0 amide bonds. The van der Waals surface area contributed by atoms with Crippen LogP contribution in [0.2, 0.25) is 0 Å². The number of benzene rings is 1. The topological polar surface area (TPSA) is 63.3 Å². The van der Waals surface area contributed by atoms with E-state index in [-0.39, 0.29) is 12.2 Å². The van der Waals surface area contributed by atoms with Gasteiger partial charge in [0, 0.05) is 12.1 Å². The van der Waals surface area contributed by atoms with Crippen molar-refractivity contribution in [2.75, 3.05) is 0 Å². The molecule has 0 heterocycles. The Morgan fingerprint density at radius 3 is 2.50 bits per heavy atom. The summed E-state index contributed by atoms with van der Waals surface area (Å²) < 4.78 is 0. The van der Waals surface area contributed by atoms with Gasteiger partial charge >= 0.3 is 0 Å². The molecule has 3 N–H and O–H groups in total. The minimum Gasteiger partial charge on any atom is -0.402 e. The van der Waals surface area contributed by atoms with E-state index in [4.69, 9.17) is 5.73 Å². The van der Waals surface area contributed by atoms with Gasteiger partial charge in [0.1, 0.15) is 0 Å². The minimum atomic E-state index is -0.760. The Bertz CT molecular complexity index is 389. The molecule has 0 aromatic heterocycles. The van der Waals surface area contributed by atoms with Crippen molar-refractivity contribution >= 4 is 5.78 Å². The van der Waals surface area contributed by atoms with Crippen molar-refractivity contribution in [2.45, 2.75) is 26.4 Å². The van der Waals surface area contributed by atoms with Gasteiger partial charge < -0.3 is 10.8 Å². The highest BCUT2D eigenvalue weighted by atomic mass is 16.3. The van der Waals surface area contributed by atoms with Crippen LogP contribution < -0.4 is 5.73 Å². The van der Waals surface area contributed by atoms with Crippen molar-refractivity contribution in [3.05, 3.63) is 47.2 Å². The van der Waals surface area contributed by atoms with E-state index in [0.717, 1.165) is 11.1 Å². The molecule has 86 valence electrons. The van der Waals surface area contributed by atoms with Crippen LogP contribution in [0, 0.1) is 6.92 Å². The van der Waals surface area contributed by atoms with Crippen molar-refractivity contribution in [1.82, 2.24) is 0 Å². The number of nitrogens with two attached hydrogens (primary N) is 1. The third-order valence-corrected chi connectivity index (χ3v) is 2.25. The molecule has 3 heteroatoms. The summed E-state index contributed by atoms with van der Waals surface area (Å²) in [5.41, 5.74) is 7.72. The zero-order valence-corrected chi connectivity index (χ0v) is 9.60. The highest BCUT2D eigenvalue weighted by molar-refractivity contribution is 5.90. The molecule has 3 nitrogen and oxygen atoms in total. The Hall–Kier alpha value is -1.61. The zero-order chi connectivity index (χ0) is 12.1. The van der Waals surface area contributed by atoms with Crippen LogP contribution in [0.1, 0.15) is 30.6 Å². The molecule has 0 aliphatic heterocycles. The third-order valence-electron chi connectivity index (χ3n) is 2.25. The number of rotatable bonds is 4. The van der Waals surface area contributed by atoms with E-state index < -0.39 is 6.10 Å². The van der Waals surface area contributed by atoms with E-state index in [2.05, 4.69) is 0 Å². The molecule has 1 atom stereocenters. The first-order valence-electron chi connectivity index (χ1n) is 5.20. The second-order valence-corrected chi connectivity index (χ2v) is 3.99. The molecule has 0 aliphatic carbocycles. The summed E-state index contributed by atoms with van der Waals surface area (Å²) in [7, 11) is 0. The Kier molecular flexibility index (Phi) is 4.26. The summed E-state index contributed by atoms with van der Waals surface area (Å²) in [5.74, 6) is -0.159. The number of hydrogen-bond acceptors (Lipinski definition) is 3. The van der Waals surface area contributed by atoms with Gasteiger partial charge in [-0.1, -0.05) is 29.8 Å². The summed E-state index contributed by atoms with van der Waals surface area (Å²) in [6.45, 7) is 3.62. The predicted molar refractivity (Wildman–Crippen MR) is 63.7 cm³/mol.